The van der Waals surface area contributed by atoms with Gasteiger partial charge in [-0.05, 0) is 19.3 Å². The molecule has 19 heavy (non-hydrogen) atoms. The van der Waals surface area contributed by atoms with Gasteiger partial charge in [0.1, 0.15) is 0 Å². The third kappa shape index (κ3) is 2.43. The van der Waals surface area contributed by atoms with Gasteiger partial charge in [-0.15, -0.1) is 0 Å². The Bertz CT molecular complexity index is 593. The van der Waals surface area contributed by atoms with E-state index in [1.165, 1.54) is 5.56 Å². The van der Waals surface area contributed by atoms with Gasteiger partial charge in [0.15, 0.2) is 4.77 Å². The van der Waals surface area contributed by atoms with Crippen LogP contribution in [0.25, 0.3) is 11.3 Å². The van der Waals surface area contributed by atoms with Crippen LogP contribution in [0.5, 0.6) is 0 Å². The summed E-state index contributed by atoms with van der Waals surface area (Å²) in [7, 11) is 2.16. The molecular weight excluding hydrogens is 256 g/mol. The number of rotatable bonds is 2. The normalized spacial score (nSPS) is 16.8. The first-order valence-corrected chi connectivity index (χ1v) is 6.96. The summed E-state index contributed by atoms with van der Waals surface area (Å²) >= 11 is 5.44. The molecule has 2 heterocycles. The van der Waals surface area contributed by atoms with Crippen molar-refractivity contribution in [1.82, 2.24) is 14.6 Å². The van der Waals surface area contributed by atoms with E-state index in [1.54, 1.807) is 0 Å². The molecule has 5 heteroatoms. The van der Waals surface area contributed by atoms with Gasteiger partial charge >= 0.3 is 0 Å². The van der Waals surface area contributed by atoms with Crippen LogP contribution in [0.4, 0.5) is 0 Å². The Morgan fingerprint density at radius 3 is 2.42 bits per heavy atom. The molecule has 0 radical (unpaired) electrons. The fourth-order valence-corrected chi connectivity index (χ4v) is 2.73. The van der Waals surface area contributed by atoms with E-state index in [1.807, 2.05) is 12.3 Å². The predicted octanol–water partition coefficient (Wildman–Crippen LogP) is 2.10. The number of benzene rings is 1. The van der Waals surface area contributed by atoms with Crippen LogP contribution in [0.15, 0.2) is 36.5 Å². The molecule has 100 valence electrons. The molecule has 0 unspecified atom stereocenters. The molecule has 1 aromatic heterocycles. The van der Waals surface area contributed by atoms with Crippen LogP contribution >= 0.6 is 12.2 Å². The van der Waals surface area contributed by atoms with Crippen molar-refractivity contribution >= 4 is 12.2 Å². The summed E-state index contributed by atoms with van der Waals surface area (Å²) in [5.41, 5.74) is 2.32. The lowest BCUT2D eigenvalue weighted by atomic mass is 10.2. The van der Waals surface area contributed by atoms with Gasteiger partial charge in [0.25, 0.3) is 0 Å². The standard InChI is InChI=1S/C14H18N4S/c1-16-7-9-17(10-8-16)18-13(11-15-14(18)19)12-5-3-2-4-6-12/h2-6,11H,7-10H2,1H3,(H,15,19). The van der Waals surface area contributed by atoms with Crippen molar-refractivity contribution in [1.29, 1.82) is 0 Å². The number of aromatic nitrogens is 2. The summed E-state index contributed by atoms with van der Waals surface area (Å²) in [6, 6.07) is 10.4. The van der Waals surface area contributed by atoms with Gasteiger partial charge in [0.05, 0.1) is 5.69 Å². The minimum atomic E-state index is 0.767. The second-order valence-electron chi connectivity index (χ2n) is 4.91. The second-order valence-corrected chi connectivity index (χ2v) is 5.30. The number of likely N-dealkylation sites (N-methyl/N-ethyl adjacent to an activating group) is 1. The van der Waals surface area contributed by atoms with Crippen molar-refractivity contribution in [3.8, 4) is 11.3 Å². The molecule has 1 fully saturated rings. The quantitative estimate of drug-likeness (QED) is 0.850. The molecule has 0 bridgehead atoms. The van der Waals surface area contributed by atoms with Crippen molar-refractivity contribution in [3.05, 3.63) is 41.3 Å². The summed E-state index contributed by atoms with van der Waals surface area (Å²) in [4.78, 5) is 5.51. The SMILES string of the molecule is CN1CCN(n2c(-c3ccccc3)c[nH]c2=S)CC1. The molecular formula is C14H18N4S. The minimum Gasteiger partial charge on any atom is -0.335 e. The summed E-state index contributed by atoms with van der Waals surface area (Å²) in [5.74, 6) is 0. The zero-order valence-electron chi connectivity index (χ0n) is 11.0. The summed E-state index contributed by atoms with van der Waals surface area (Å²) in [6.07, 6.45) is 2.00. The fourth-order valence-electron chi connectivity index (χ4n) is 2.45. The Balaban J connectivity index is 1.98. The van der Waals surface area contributed by atoms with Crippen LogP contribution in [-0.4, -0.2) is 47.8 Å². The van der Waals surface area contributed by atoms with Gasteiger partial charge in [-0.2, -0.15) is 0 Å². The van der Waals surface area contributed by atoms with Gasteiger partial charge in [-0.3, -0.25) is 0 Å². The topological polar surface area (TPSA) is 27.2 Å². The molecule has 1 aliphatic heterocycles. The van der Waals surface area contributed by atoms with Crippen molar-refractivity contribution in [3.63, 3.8) is 0 Å². The van der Waals surface area contributed by atoms with E-state index in [0.29, 0.717) is 0 Å². The largest absolute Gasteiger partial charge is 0.335 e. The van der Waals surface area contributed by atoms with Gasteiger partial charge in [-0.25, -0.2) is 4.68 Å². The summed E-state index contributed by atoms with van der Waals surface area (Å²) < 4.78 is 2.90. The van der Waals surface area contributed by atoms with Crippen molar-refractivity contribution in [2.75, 3.05) is 38.2 Å². The number of hydrogen-bond acceptors (Lipinski definition) is 3. The van der Waals surface area contributed by atoms with Crippen molar-refractivity contribution < 1.29 is 0 Å². The maximum atomic E-state index is 5.44. The van der Waals surface area contributed by atoms with Gasteiger partial charge in [0, 0.05) is 37.9 Å². The maximum Gasteiger partial charge on any atom is 0.196 e. The van der Waals surface area contributed by atoms with Crippen LogP contribution in [-0.2, 0) is 0 Å². The lowest BCUT2D eigenvalue weighted by molar-refractivity contribution is 0.287. The van der Waals surface area contributed by atoms with Gasteiger partial charge in [-0.1, -0.05) is 30.3 Å². The van der Waals surface area contributed by atoms with E-state index in [2.05, 4.69) is 50.9 Å². The highest BCUT2D eigenvalue weighted by Crippen LogP contribution is 2.20. The zero-order valence-corrected chi connectivity index (χ0v) is 11.9. The van der Waals surface area contributed by atoms with Crippen molar-refractivity contribution in [2.24, 2.45) is 0 Å². The number of piperazine rings is 1. The molecule has 3 rings (SSSR count). The Morgan fingerprint density at radius 2 is 1.74 bits per heavy atom. The maximum absolute atomic E-state index is 5.44. The molecule has 2 aromatic rings. The van der Waals surface area contributed by atoms with Crippen LogP contribution in [0, 0.1) is 4.77 Å². The van der Waals surface area contributed by atoms with Crippen molar-refractivity contribution in [2.45, 2.75) is 0 Å². The monoisotopic (exact) mass is 274 g/mol. The Hall–Kier alpha value is -1.59. The van der Waals surface area contributed by atoms with E-state index in [4.69, 9.17) is 12.2 Å². The molecule has 0 aliphatic carbocycles. The number of imidazole rings is 1. The highest BCUT2D eigenvalue weighted by molar-refractivity contribution is 7.71. The smallest absolute Gasteiger partial charge is 0.196 e. The second kappa shape index (κ2) is 5.19. The Labute approximate surface area is 118 Å². The Kier molecular flexibility index (Phi) is 3.40. The van der Waals surface area contributed by atoms with Crippen LogP contribution in [0.3, 0.4) is 0 Å². The van der Waals surface area contributed by atoms with E-state index in [-0.39, 0.29) is 0 Å². The van der Waals surface area contributed by atoms with Gasteiger partial charge < -0.3 is 14.9 Å². The molecule has 1 aromatic carbocycles. The van der Waals surface area contributed by atoms with Crippen LogP contribution in [0.1, 0.15) is 0 Å². The third-order valence-electron chi connectivity index (χ3n) is 3.58. The Morgan fingerprint density at radius 1 is 1.05 bits per heavy atom. The number of hydrogen-bond donors (Lipinski definition) is 1. The molecule has 1 saturated heterocycles. The number of nitrogens with zero attached hydrogens (tertiary/aromatic N) is 3. The summed E-state index contributed by atoms with van der Waals surface area (Å²) in [6.45, 7) is 4.15. The molecule has 0 saturated carbocycles. The fraction of sp³-hybridized carbons (Fsp3) is 0.357. The molecule has 4 nitrogen and oxygen atoms in total. The lowest BCUT2D eigenvalue weighted by Crippen LogP contribution is -2.50. The summed E-state index contributed by atoms with van der Waals surface area (Å²) in [5, 5.41) is 2.32. The van der Waals surface area contributed by atoms with E-state index < -0.39 is 0 Å². The molecule has 1 aliphatic rings. The molecule has 0 atom stereocenters. The number of aromatic amines is 1. The number of H-pyrrole nitrogens is 1. The zero-order chi connectivity index (χ0) is 13.2. The van der Waals surface area contributed by atoms with E-state index in [9.17, 15) is 0 Å². The molecule has 1 N–H and O–H groups in total. The minimum absolute atomic E-state index is 0.767. The average Bonchev–Trinajstić information content (AvgIpc) is 2.83. The van der Waals surface area contributed by atoms with Gasteiger partial charge in [0.2, 0.25) is 0 Å². The number of nitrogens with one attached hydrogen (secondary N) is 1. The highest BCUT2D eigenvalue weighted by Gasteiger charge is 2.17. The van der Waals surface area contributed by atoms with Crippen LogP contribution < -0.4 is 5.01 Å². The lowest BCUT2D eigenvalue weighted by Gasteiger charge is -2.35. The van der Waals surface area contributed by atoms with Crippen LogP contribution in [0.2, 0.25) is 0 Å². The van der Waals surface area contributed by atoms with E-state index in [0.717, 1.165) is 36.6 Å². The first-order chi connectivity index (χ1) is 9.25. The molecule has 0 spiro atoms. The first-order valence-electron chi connectivity index (χ1n) is 6.55. The molecule has 0 amide bonds. The predicted molar refractivity (Wildman–Crippen MR) is 80.5 cm³/mol. The highest BCUT2D eigenvalue weighted by atomic mass is 32.1. The van der Waals surface area contributed by atoms with E-state index >= 15 is 0 Å². The first kappa shape index (κ1) is 12.4. The third-order valence-corrected chi connectivity index (χ3v) is 3.88. The average molecular weight is 274 g/mol.